The fraction of sp³-hybridized carbons (Fsp3) is 0.269. The average Bonchev–Trinajstić information content (AvgIpc) is 3.67. The molecule has 8 nitrogen and oxygen atoms in total. The zero-order chi connectivity index (χ0) is 26.2. The van der Waals surface area contributed by atoms with Gasteiger partial charge in [0, 0.05) is 24.7 Å². The average molecular weight is 509 g/mol. The van der Waals surface area contributed by atoms with Crippen LogP contribution in [0.5, 0.6) is 11.6 Å². The lowest BCUT2D eigenvalue weighted by atomic mass is 10.1. The van der Waals surface area contributed by atoms with E-state index in [2.05, 4.69) is 19.9 Å². The summed E-state index contributed by atoms with van der Waals surface area (Å²) in [6, 6.07) is 7.03. The van der Waals surface area contributed by atoms with Crippen molar-refractivity contribution in [3.63, 3.8) is 0 Å². The molecule has 0 unspecified atom stereocenters. The molecule has 0 atom stereocenters. The van der Waals surface area contributed by atoms with E-state index < -0.39 is 11.9 Å². The van der Waals surface area contributed by atoms with Crippen molar-refractivity contribution in [3.8, 4) is 34.4 Å². The van der Waals surface area contributed by atoms with Crippen molar-refractivity contribution in [2.75, 3.05) is 14.2 Å². The van der Waals surface area contributed by atoms with Crippen molar-refractivity contribution in [3.05, 3.63) is 65.6 Å². The number of benzene rings is 1. The second kappa shape index (κ2) is 9.64. The lowest BCUT2D eigenvalue weighted by Gasteiger charge is -2.12. The van der Waals surface area contributed by atoms with Gasteiger partial charge in [0.25, 0.3) is 0 Å². The maximum atomic E-state index is 13.0. The minimum Gasteiger partial charge on any atom is -0.493 e. The lowest BCUT2D eigenvalue weighted by molar-refractivity contribution is -0.140. The third-order valence-electron chi connectivity index (χ3n) is 5.99. The SMILES string of the molecule is COc1cnc(-c2c(OC)ncnc2C2CC2)nc1/C=C/c1ccc(-c2nc(C(F)(F)F)cn2C)cc1. The minimum absolute atomic E-state index is 0.232. The van der Waals surface area contributed by atoms with Gasteiger partial charge in [-0.05, 0) is 24.5 Å². The van der Waals surface area contributed by atoms with Crippen LogP contribution in [0.15, 0.2) is 43.0 Å². The molecule has 0 radical (unpaired) electrons. The van der Waals surface area contributed by atoms with Crippen molar-refractivity contribution >= 4 is 12.2 Å². The summed E-state index contributed by atoms with van der Waals surface area (Å²) in [5, 5.41) is 0. The molecule has 0 N–H and O–H groups in total. The van der Waals surface area contributed by atoms with E-state index >= 15 is 0 Å². The fourth-order valence-corrected chi connectivity index (χ4v) is 3.98. The van der Waals surface area contributed by atoms with Gasteiger partial charge in [-0.1, -0.05) is 30.3 Å². The fourth-order valence-electron chi connectivity index (χ4n) is 3.98. The first-order valence-electron chi connectivity index (χ1n) is 11.5. The highest BCUT2D eigenvalue weighted by Crippen LogP contribution is 2.45. The van der Waals surface area contributed by atoms with Gasteiger partial charge in [0.1, 0.15) is 23.4 Å². The van der Waals surface area contributed by atoms with Crippen LogP contribution in [-0.4, -0.2) is 43.7 Å². The highest BCUT2D eigenvalue weighted by Gasteiger charge is 2.34. The quantitative estimate of drug-likeness (QED) is 0.330. The first-order valence-corrected chi connectivity index (χ1v) is 11.5. The molecule has 4 aromatic rings. The van der Waals surface area contributed by atoms with Gasteiger partial charge in [0.2, 0.25) is 5.88 Å². The number of halogens is 3. The van der Waals surface area contributed by atoms with E-state index in [1.807, 2.05) is 6.08 Å². The van der Waals surface area contributed by atoms with E-state index in [-0.39, 0.29) is 5.82 Å². The molecule has 3 heterocycles. The third kappa shape index (κ3) is 5.02. The predicted molar refractivity (Wildman–Crippen MR) is 131 cm³/mol. The number of aryl methyl sites for hydroxylation is 1. The number of methoxy groups -OCH3 is 2. The Morgan fingerprint density at radius 3 is 2.35 bits per heavy atom. The van der Waals surface area contributed by atoms with Gasteiger partial charge in [-0.25, -0.2) is 24.9 Å². The summed E-state index contributed by atoms with van der Waals surface area (Å²) in [4.78, 5) is 21.6. The molecule has 1 fully saturated rings. The largest absolute Gasteiger partial charge is 0.493 e. The van der Waals surface area contributed by atoms with E-state index in [1.54, 1.807) is 43.6 Å². The van der Waals surface area contributed by atoms with Gasteiger partial charge in [-0.15, -0.1) is 0 Å². The molecule has 0 spiro atoms. The van der Waals surface area contributed by atoms with E-state index in [1.165, 1.54) is 25.1 Å². The van der Waals surface area contributed by atoms with Crippen LogP contribution in [0.25, 0.3) is 34.9 Å². The van der Waals surface area contributed by atoms with Crippen molar-refractivity contribution in [2.24, 2.45) is 7.05 Å². The van der Waals surface area contributed by atoms with Gasteiger partial charge in [-0.3, -0.25) is 0 Å². The van der Waals surface area contributed by atoms with Gasteiger partial charge in [-0.2, -0.15) is 13.2 Å². The number of imidazole rings is 1. The van der Waals surface area contributed by atoms with Crippen LogP contribution in [0.3, 0.4) is 0 Å². The zero-order valence-electron chi connectivity index (χ0n) is 20.3. The molecular formula is C26H23F3N6O2. The van der Waals surface area contributed by atoms with Crippen LogP contribution in [0, 0.1) is 0 Å². The Labute approximate surface area is 210 Å². The number of aromatic nitrogens is 6. The van der Waals surface area contributed by atoms with Crippen LogP contribution in [0.2, 0.25) is 0 Å². The normalized spacial score (nSPS) is 13.8. The number of hydrogen-bond acceptors (Lipinski definition) is 7. The Balaban J connectivity index is 1.44. The summed E-state index contributed by atoms with van der Waals surface area (Å²) >= 11 is 0. The van der Waals surface area contributed by atoms with E-state index in [0.717, 1.165) is 30.3 Å². The Morgan fingerprint density at radius 2 is 1.73 bits per heavy atom. The molecule has 1 saturated carbocycles. The molecule has 190 valence electrons. The topological polar surface area (TPSA) is 87.8 Å². The predicted octanol–water partition coefficient (Wildman–Crippen LogP) is 5.42. The van der Waals surface area contributed by atoms with E-state index in [4.69, 9.17) is 14.5 Å². The first kappa shape index (κ1) is 24.4. The summed E-state index contributed by atoms with van der Waals surface area (Å²) in [6.45, 7) is 0. The van der Waals surface area contributed by atoms with Gasteiger partial charge < -0.3 is 14.0 Å². The maximum Gasteiger partial charge on any atom is 0.434 e. The highest BCUT2D eigenvalue weighted by molar-refractivity contribution is 5.74. The van der Waals surface area contributed by atoms with Crippen LogP contribution in [-0.2, 0) is 13.2 Å². The molecule has 37 heavy (non-hydrogen) atoms. The van der Waals surface area contributed by atoms with Crippen LogP contribution < -0.4 is 9.47 Å². The Hall–Kier alpha value is -4.28. The number of rotatable bonds is 7. The van der Waals surface area contributed by atoms with Crippen molar-refractivity contribution in [2.45, 2.75) is 24.9 Å². The molecule has 0 aliphatic heterocycles. The Morgan fingerprint density at radius 1 is 0.973 bits per heavy atom. The lowest BCUT2D eigenvalue weighted by Crippen LogP contribution is -2.04. The molecule has 1 aliphatic rings. The van der Waals surface area contributed by atoms with Gasteiger partial charge >= 0.3 is 6.18 Å². The van der Waals surface area contributed by atoms with Crippen molar-refractivity contribution in [1.29, 1.82) is 0 Å². The summed E-state index contributed by atoms with van der Waals surface area (Å²) in [7, 11) is 4.62. The molecule has 0 saturated heterocycles. The Kier molecular flexibility index (Phi) is 6.36. The van der Waals surface area contributed by atoms with Gasteiger partial charge in [0.05, 0.1) is 26.1 Å². The molecule has 5 rings (SSSR count). The van der Waals surface area contributed by atoms with Crippen molar-refractivity contribution in [1.82, 2.24) is 29.5 Å². The Bertz CT molecular complexity index is 1460. The monoisotopic (exact) mass is 508 g/mol. The molecule has 1 aliphatic carbocycles. The van der Waals surface area contributed by atoms with E-state index in [0.29, 0.717) is 40.2 Å². The summed E-state index contributed by atoms with van der Waals surface area (Å²) in [5.41, 5.74) is 2.54. The van der Waals surface area contributed by atoms with Gasteiger partial charge in [0.15, 0.2) is 17.3 Å². The second-order valence-corrected chi connectivity index (χ2v) is 8.58. The summed E-state index contributed by atoms with van der Waals surface area (Å²) in [6.07, 6.45) is 5.26. The standard InChI is InChI=1S/C26H23F3N6O2/c1-35-13-20(26(27,28)29)34-24(35)17-7-4-15(5-8-17)6-11-18-19(36-2)12-30-23(33-18)21-22(16-9-10-16)31-14-32-25(21)37-3/h4-8,11-14,16H,9-10H2,1-3H3/b11-6+. The van der Waals surface area contributed by atoms with Crippen LogP contribution in [0.1, 0.15) is 41.4 Å². The van der Waals surface area contributed by atoms with Crippen LogP contribution in [0.4, 0.5) is 13.2 Å². The molecular weight excluding hydrogens is 485 g/mol. The number of ether oxygens (including phenoxy) is 2. The molecule has 0 amide bonds. The smallest absolute Gasteiger partial charge is 0.434 e. The number of hydrogen-bond donors (Lipinski definition) is 0. The maximum absolute atomic E-state index is 13.0. The summed E-state index contributed by atoms with van der Waals surface area (Å²) < 4.78 is 51.3. The minimum atomic E-state index is -4.50. The molecule has 11 heteroatoms. The first-order chi connectivity index (χ1) is 17.8. The number of alkyl halides is 3. The second-order valence-electron chi connectivity index (χ2n) is 8.58. The summed E-state index contributed by atoms with van der Waals surface area (Å²) in [5.74, 6) is 1.89. The molecule has 0 bridgehead atoms. The third-order valence-corrected chi connectivity index (χ3v) is 5.99. The zero-order valence-corrected chi connectivity index (χ0v) is 20.3. The van der Waals surface area contributed by atoms with E-state index in [9.17, 15) is 13.2 Å². The molecule has 1 aromatic carbocycles. The number of nitrogens with zero attached hydrogens (tertiary/aromatic N) is 6. The molecule has 3 aromatic heterocycles. The van der Waals surface area contributed by atoms with Crippen LogP contribution >= 0.6 is 0 Å². The van der Waals surface area contributed by atoms with Crippen molar-refractivity contribution < 1.29 is 22.6 Å². The highest BCUT2D eigenvalue weighted by atomic mass is 19.4.